The average Bonchev–Trinajstić information content (AvgIpc) is 2.88. The van der Waals surface area contributed by atoms with Gasteiger partial charge in [-0.15, -0.1) is 0 Å². The van der Waals surface area contributed by atoms with E-state index in [-0.39, 0.29) is 23.8 Å². The highest BCUT2D eigenvalue weighted by atomic mass is 16.8. The number of aryl methyl sites for hydroxylation is 2. The van der Waals surface area contributed by atoms with Crippen LogP contribution in [0.3, 0.4) is 0 Å². The van der Waals surface area contributed by atoms with Gasteiger partial charge >= 0.3 is 0 Å². The summed E-state index contributed by atoms with van der Waals surface area (Å²) in [5, 5.41) is 3.03. The molecule has 0 radical (unpaired) electrons. The quantitative estimate of drug-likeness (QED) is 0.739. The molecule has 2 aliphatic heterocycles. The summed E-state index contributed by atoms with van der Waals surface area (Å²) in [6.07, 6.45) is 7.35. The van der Waals surface area contributed by atoms with E-state index in [0.717, 1.165) is 16.7 Å². The molecule has 1 amide bonds. The highest BCUT2D eigenvalue weighted by molar-refractivity contribution is 5.99. The highest BCUT2D eigenvalue weighted by Crippen LogP contribution is 2.31. The zero-order valence-electron chi connectivity index (χ0n) is 17.2. The van der Waals surface area contributed by atoms with Crippen molar-refractivity contribution in [2.75, 3.05) is 0 Å². The molecule has 1 N–H and O–H groups in total. The first-order valence-electron chi connectivity index (χ1n) is 9.81. The fourth-order valence-corrected chi connectivity index (χ4v) is 3.86. The number of benzene rings is 1. The zero-order valence-corrected chi connectivity index (χ0v) is 17.2. The Morgan fingerprint density at radius 1 is 1.04 bits per heavy atom. The van der Waals surface area contributed by atoms with Gasteiger partial charge < -0.3 is 14.8 Å². The second-order valence-electron chi connectivity index (χ2n) is 8.19. The maximum Gasteiger partial charge on any atom is 0.252 e. The van der Waals surface area contributed by atoms with Gasteiger partial charge in [0.2, 0.25) is 0 Å². The van der Waals surface area contributed by atoms with Gasteiger partial charge in [0.05, 0.1) is 6.10 Å². The molecule has 3 rings (SSSR count). The van der Waals surface area contributed by atoms with Crippen molar-refractivity contribution in [1.82, 2.24) is 5.32 Å². The molecule has 2 heterocycles. The lowest BCUT2D eigenvalue weighted by molar-refractivity contribution is -0.152. The van der Waals surface area contributed by atoms with Gasteiger partial charge in [-0.2, -0.15) is 0 Å². The molecule has 0 aliphatic carbocycles. The van der Waals surface area contributed by atoms with Crippen LogP contribution in [0, 0.1) is 13.8 Å². The molecule has 2 aliphatic rings. The average molecular weight is 383 g/mol. The van der Waals surface area contributed by atoms with E-state index < -0.39 is 11.9 Å². The SMILES string of the molecule is Cc1cc(C)c2c(c1)/C=C/C[C@H]1OC(C)(C)OC1C(=O)/C=C\CC(C)NC2=O. The van der Waals surface area contributed by atoms with Crippen molar-refractivity contribution >= 4 is 17.8 Å². The van der Waals surface area contributed by atoms with Crippen LogP contribution < -0.4 is 5.32 Å². The van der Waals surface area contributed by atoms with Crippen molar-refractivity contribution in [3.63, 3.8) is 0 Å². The molecule has 0 spiro atoms. The molecule has 150 valence electrons. The number of fused-ring (bicyclic) bond motifs is 2. The van der Waals surface area contributed by atoms with E-state index in [9.17, 15) is 9.59 Å². The largest absolute Gasteiger partial charge is 0.349 e. The summed E-state index contributed by atoms with van der Waals surface area (Å²) in [6.45, 7) is 9.54. The Bertz CT molecular complexity index is 837. The summed E-state index contributed by atoms with van der Waals surface area (Å²) in [4.78, 5) is 25.5. The number of carbonyl (C=O) groups is 2. The van der Waals surface area contributed by atoms with E-state index in [4.69, 9.17) is 9.47 Å². The van der Waals surface area contributed by atoms with Gasteiger partial charge in [0, 0.05) is 11.6 Å². The van der Waals surface area contributed by atoms with Gasteiger partial charge in [-0.05, 0) is 64.7 Å². The Hall–Kier alpha value is -2.24. The first kappa shape index (κ1) is 20.5. The molecular formula is C23H29NO4. The lowest BCUT2D eigenvalue weighted by atomic mass is 9.96. The maximum atomic E-state index is 12.9. The number of nitrogens with one attached hydrogen (secondary N) is 1. The summed E-state index contributed by atoms with van der Waals surface area (Å²) in [5.41, 5.74) is 3.60. The molecule has 3 atom stereocenters. The Labute approximate surface area is 166 Å². The van der Waals surface area contributed by atoms with Crippen LogP contribution in [-0.4, -0.2) is 35.7 Å². The Balaban J connectivity index is 1.99. The lowest BCUT2D eigenvalue weighted by Crippen LogP contribution is -2.33. The van der Waals surface area contributed by atoms with Gasteiger partial charge in [-0.1, -0.05) is 35.9 Å². The van der Waals surface area contributed by atoms with Crippen molar-refractivity contribution in [1.29, 1.82) is 0 Å². The van der Waals surface area contributed by atoms with E-state index in [1.807, 2.05) is 58.9 Å². The standard InChI is InChI=1S/C23H29NO4/c1-14-12-15(2)20-17(13-14)9-7-11-19-21(28-23(4,5)27-19)18(25)10-6-8-16(3)24-22(20)26/h6-7,9-10,12-13,16,19,21H,8,11H2,1-5H3,(H,24,26)/b9-7+,10-6-/t16?,19-,21?/m1/s1. The summed E-state index contributed by atoms with van der Waals surface area (Å²) in [5.74, 6) is -0.996. The van der Waals surface area contributed by atoms with E-state index in [2.05, 4.69) is 5.32 Å². The molecule has 5 nitrogen and oxygen atoms in total. The van der Waals surface area contributed by atoms with Crippen LogP contribution in [-0.2, 0) is 14.3 Å². The van der Waals surface area contributed by atoms with Crippen molar-refractivity contribution in [3.05, 3.63) is 52.6 Å². The summed E-state index contributed by atoms with van der Waals surface area (Å²) < 4.78 is 11.8. The molecule has 0 saturated carbocycles. The molecule has 1 aromatic rings. The Morgan fingerprint density at radius 2 is 1.75 bits per heavy atom. The topological polar surface area (TPSA) is 64.6 Å². The third-order valence-electron chi connectivity index (χ3n) is 5.02. The predicted molar refractivity (Wildman–Crippen MR) is 109 cm³/mol. The smallest absolute Gasteiger partial charge is 0.252 e. The van der Waals surface area contributed by atoms with Gasteiger partial charge in [-0.3, -0.25) is 9.59 Å². The molecule has 0 aromatic heterocycles. The van der Waals surface area contributed by atoms with Gasteiger partial charge in [0.15, 0.2) is 11.6 Å². The second kappa shape index (κ2) is 8.02. The molecule has 1 fully saturated rings. The van der Waals surface area contributed by atoms with Crippen LogP contribution in [0.2, 0.25) is 0 Å². The minimum Gasteiger partial charge on any atom is -0.349 e. The third kappa shape index (κ3) is 4.59. The molecule has 1 aromatic carbocycles. The highest BCUT2D eigenvalue weighted by Gasteiger charge is 2.43. The zero-order chi connectivity index (χ0) is 20.5. The predicted octanol–water partition coefficient (Wildman–Crippen LogP) is 3.87. The van der Waals surface area contributed by atoms with Crippen molar-refractivity contribution < 1.29 is 19.1 Å². The van der Waals surface area contributed by atoms with Crippen LogP contribution in [0.5, 0.6) is 0 Å². The Kier molecular flexibility index (Phi) is 5.87. The number of carbonyl (C=O) groups excluding carboxylic acids is 2. The number of hydrogen-bond acceptors (Lipinski definition) is 4. The number of ketones is 1. The lowest BCUT2D eigenvalue weighted by Gasteiger charge is -2.17. The number of amides is 1. The Morgan fingerprint density at radius 3 is 2.50 bits per heavy atom. The first-order valence-corrected chi connectivity index (χ1v) is 9.81. The van der Waals surface area contributed by atoms with Crippen molar-refractivity contribution in [3.8, 4) is 0 Å². The molecule has 28 heavy (non-hydrogen) atoms. The number of hydrogen-bond donors (Lipinski definition) is 1. The summed E-state index contributed by atoms with van der Waals surface area (Å²) in [6, 6.07) is 3.93. The fraction of sp³-hybridized carbons (Fsp3) is 0.478. The van der Waals surface area contributed by atoms with Crippen LogP contribution in [0.1, 0.15) is 60.7 Å². The minimum atomic E-state index is -0.795. The van der Waals surface area contributed by atoms with Crippen LogP contribution in [0.15, 0.2) is 30.4 Å². The third-order valence-corrected chi connectivity index (χ3v) is 5.02. The van der Waals surface area contributed by atoms with Crippen molar-refractivity contribution in [2.45, 2.75) is 71.5 Å². The molecule has 1 saturated heterocycles. The monoisotopic (exact) mass is 383 g/mol. The fourth-order valence-electron chi connectivity index (χ4n) is 3.86. The number of rotatable bonds is 0. The summed E-state index contributed by atoms with van der Waals surface area (Å²) in [7, 11) is 0. The minimum absolute atomic E-state index is 0.0926. The maximum absolute atomic E-state index is 12.9. The van der Waals surface area contributed by atoms with Crippen molar-refractivity contribution in [2.24, 2.45) is 0 Å². The molecular weight excluding hydrogens is 354 g/mol. The molecule has 5 heteroatoms. The van der Waals surface area contributed by atoms with Crippen LogP contribution >= 0.6 is 0 Å². The van der Waals surface area contributed by atoms with E-state index >= 15 is 0 Å². The summed E-state index contributed by atoms with van der Waals surface area (Å²) >= 11 is 0. The normalized spacial score (nSPS) is 30.0. The molecule has 0 bridgehead atoms. The van der Waals surface area contributed by atoms with Gasteiger partial charge in [-0.25, -0.2) is 0 Å². The van der Waals surface area contributed by atoms with E-state index in [1.165, 1.54) is 0 Å². The molecule has 2 unspecified atom stereocenters. The van der Waals surface area contributed by atoms with Gasteiger partial charge in [0.25, 0.3) is 5.91 Å². The van der Waals surface area contributed by atoms with Crippen LogP contribution in [0.4, 0.5) is 0 Å². The van der Waals surface area contributed by atoms with Gasteiger partial charge in [0.1, 0.15) is 6.10 Å². The number of ether oxygens (including phenoxy) is 2. The van der Waals surface area contributed by atoms with E-state index in [1.54, 1.807) is 12.2 Å². The van der Waals surface area contributed by atoms with Crippen LogP contribution in [0.25, 0.3) is 6.08 Å². The second-order valence-corrected chi connectivity index (χ2v) is 8.19. The van der Waals surface area contributed by atoms with E-state index in [0.29, 0.717) is 18.4 Å². The first-order chi connectivity index (χ1) is 13.2.